The molecule has 0 saturated carbocycles. The predicted molar refractivity (Wildman–Crippen MR) is 86.4 cm³/mol. The van der Waals surface area contributed by atoms with Gasteiger partial charge in [-0.1, -0.05) is 0 Å². The van der Waals surface area contributed by atoms with Crippen LogP contribution in [0, 0.1) is 0 Å². The number of aromatic nitrogens is 2. The molecule has 2 rings (SSSR count). The van der Waals surface area contributed by atoms with E-state index < -0.39 is 0 Å². The molecule has 1 aromatic heterocycles. The molecule has 108 valence electrons. The van der Waals surface area contributed by atoms with E-state index in [1.807, 2.05) is 50.7 Å². The zero-order chi connectivity index (χ0) is 14.7. The highest BCUT2D eigenvalue weighted by molar-refractivity contribution is 7.80. The molecule has 0 spiro atoms. The summed E-state index contributed by atoms with van der Waals surface area (Å²) in [5.74, 6) is 0.649. The summed E-state index contributed by atoms with van der Waals surface area (Å²) in [4.78, 5) is 0. The van der Waals surface area contributed by atoms with E-state index >= 15 is 0 Å². The number of nitrogens with zero attached hydrogens (tertiary/aromatic N) is 2. The monoisotopic (exact) mass is 292 g/mol. The highest BCUT2D eigenvalue weighted by Crippen LogP contribution is 2.28. The molecule has 20 heavy (non-hydrogen) atoms. The van der Waals surface area contributed by atoms with Crippen molar-refractivity contribution in [2.24, 2.45) is 7.05 Å². The van der Waals surface area contributed by atoms with E-state index in [9.17, 15) is 0 Å². The number of hydrogen-bond acceptors (Lipinski definition) is 3. The van der Waals surface area contributed by atoms with Crippen LogP contribution in [0.3, 0.4) is 0 Å². The molecule has 1 heterocycles. The molecule has 0 saturated heterocycles. The quantitative estimate of drug-likeness (QED) is 0.849. The second-order valence-corrected chi connectivity index (χ2v) is 5.22. The Labute approximate surface area is 124 Å². The van der Waals surface area contributed by atoms with Crippen LogP contribution in [-0.4, -0.2) is 27.5 Å². The van der Waals surface area contributed by atoms with Crippen LogP contribution in [0.4, 0.5) is 5.69 Å². The van der Waals surface area contributed by atoms with E-state index in [-0.39, 0.29) is 6.10 Å². The van der Waals surface area contributed by atoms with Crippen molar-refractivity contribution in [2.45, 2.75) is 26.9 Å². The molecule has 5 nitrogen and oxygen atoms in total. The van der Waals surface area contributed by atoms with Crippen LogP contribution in [-0.2, 0) is 7.05 Å². The van der Waals surface area contributed by atoms with Gasteiger partial charge >= 0.3 is 0 Å². The normalized spacial score (nSPS) is 10.8. The fourth-order valence-electron chi connectivity index (χ4n) is 1.96. The van der Waals surface area contributed by atoms with Gasteiger partial charge in [-0.05, 0) is 51.2 Å². The van der Waals surface area contributed by atoms with E-state index in [2.05, 4.69) is 15.7 Å². The molecule has 1 aromatic carbocycles. The topological polar surface area (TPSA) is 51.1 Å². The highest BCUT2D eigenvalue weighted by atomic mass is 32.1. The Kier molecular flexibility index (Phi) is 4.44. The first-order valence-corrected chi connectivity index (χ1v) is 7.10. The molecule has 0 radical (unpaired) electrons. The maximum Gasteiger partial charge on any atom is 0.241 e. The maximum atomic E-state index is 5.75. The van der Waals surface area contributed by atoms with Gasteiger partial charge < -0.3 is 15.4 Å². The van der Waals surface area contributed by atoms with Crippen molar-refractivity contribution in [1.82, 2.24) is 15.1 Å². The lowest BCUT2D eigenvalue weighted by molar-refractivity contribution is 0.233. The van der Waals surface area contributed by atoms with Gasteiger partial charge in [-0.2, -0.15) is 0 Å². The fourth-order valence-corrected chi connectivity index (χ4v) is 2.22. The zero-order valence-corrected chi connectivity index (χ0v) is 13.0. The van der Waals surface area contributed by atoms with Crippen molar-refractivity contribution >= 4 is 33.9 Å². The van der Waals surface area contributed by atoms with Crippen molar-refractivity contribution in [1.29, 1.82) is 0 Å². The molecule has 0 aliphatic heterocycles. The lowest BCUT2D eigenvalue weighted by Gasteiger charge is -2.09. The van der Waals surface area contributed by atoms with Crippen LogP contribution >= 0.6 is 12.2 Å². The van der Waals surface area contributed by atoms with E-state index in [0.717, 1.165) is 23.1 Å². The minimum atomic E-state index is 0.0903. The van der Waals surface area contributed by atoms with Crippen LogP contribution in [0.1, 0.15) is 20.8 Å². The average molecular weight is 292 g/mol. The molecule has 2 aromatic rings. The Morgan fingerprint density at radius 2 is 2.20 bits per heavy atom. The molecule has 6 heteroatoms. The summed E-state index contributed by atoms with van der Waals surface area (Å²) >= 11 is 5.19. The summed E-state index contributed by atoms with van der Waals surface area (Å²) in [6.07, 6.45) is 0.0903. The summed E-state index contributed by atoms with van der Waals surface area (Å²) in [6.45, 7) is 6.78. The van der Waals surface area contributed by atoms with E-state index in [0.29, 0.717) is 11.0 Å². The third-order valence-electron chi connectivity index (χ3n) is 2.76. The standard InChI is InChI=1S/C14H20N4OS/c1-5-15-14(20)16-10-6-7-12-11(8-10)13(17-18(12)4)19-9(2)3/h6-9H,5H2,1-4H3,(H2,15,16,20). The lowest BCUT2D eigenvalue weighted by atomic mass is 10.2. The van der Waals surface area contributed by atoms with Crippen molar-refractivity contribution in [3.8, 4) is 5.88 Å². The number of fused-ring (bicyclic) bond motifs is 1. The van der Waals surface area contributed by atoms with Gasteiger partial charge in [-0.25, -0.2) is 0 Å². The number of anilines is 1. The molecular weight excluding hydrogens is 272 g/mol. The van der Waals surface area contributed by atoms with E-state index in [1.54, 1.807) is 0 Å². The van der Waals surface area contributed by atoms with Crippen LogP contribution in [0.15, 0.2) is 18.2 Å². The van der Waals surface area contributed by atoms with E-state index in [1.165, 1.54) is 0 Å². The summed E-state index contributed by atoms with van der Waals surface area (Å²) in [6, 6.07) is 5.99. The molecule has 0 aliphatic rings. The number of ether oxygens (including phenoxy) is 1. The number of benzene rings is 1. The second-order valence-electron chi connectivity index (χ2n) is 4.81. The Bertz CT molecular complexity index is 621. The van der Waals surface area contributed by atoms with Crippen molar-refractivity contribution in [3.63, 3.8) is 0 Å². The van der Waals surface area contributed by atoms with Gasteiger partial charge in [-0.15, -0.1) is 5.10 Å². The van der Waals surface area contributed by atoms with Gasteiger partial charge in [0, 0.05) is 19.3 Å². The third kappa shape index (κ3) is 3.19. The largest absolute Gasteiger partial charge is 0.473 e. The predicted octanol–water partition coefficient (Wildman–Crippen LogP) is 2.67. The summed E-state index contributed by atoms with van der Waals surface area (Å²) in [5.41, 5.74) is 1.95. The lowest BCUT2D eigenvalue weighted by Crippen LogP contribution is -2.27. The summed E-state index contributed by atoms with van der Waals surface area (Å²) < 4.78 is 7.57. The Balaban J connectivity index is 2.33. The third-order valence-corrected chi connectivity index (χ3v) is 3.01. The molecule has 2 N–H and O–H groups in total. The summed E-state index contributed by atoms with van der Waals surface area (Å²) in [7, 11) is 1.91. The van der Waals surface area contributed by atoms with Gasteiger partial charge in [0.15, 0.2) is 5.11 Å². The van der Waals surface area contributed by atoms with Crippen molar-refractivity contribution < 1.29 is 4.74 Å². The first-order valence-electron chi connectivity index (χ1n) is 6.69. The number of rotatable bonds is 4. The van der Waals surface area contributed by atoms with Gasteiger partial charge in [0.25, 0.3) is 0 Å². The fraction of sp³-hybridized carbons (Fsp3) is 0.429. The Morgan fingerprint density at radius 3 is 2.85 bits per heavy atom. The van der Waals surface area contributed by atoms with Crippen LogP contribution in [0.25, 0.3) is 10.9 Å². The smallest absolute Gasteiger partial charge is 0.241 e. The minimum Gasteiger partial charge on any atom is -0.473 e. The molecule has 0 amide bonds. The number of hydrogen-bond donors (Lipinski definition) is 2. The molecule has 0 unspecified atom stereocenters. The first kappa shape index (κ1) is 14.6. The highest BCUT2D eigenvalue weighted by Gasteiger charge is 2.12. The SMILES string of the molecule is CCNC(=S)Nc1ccc2c(c1)c(OC(C)C)nn2C. The van der Waals surface area contributed by atoms with Gasteiger partial charge in [0.05, 0.1) is 17.0 Å². The van der Waals surface area contributed by atoms with Crippen LogP contribution in [0.2, 0.25) is 0 Å². The van der Waals surface area contributed by atoms with Crippen molar-refractivity contribution in [3.05, 3.63) is 18.2 Å². The minimum absolute atomic E-state index is 0.0903. The molecule has 0 bridgehead atoms. The van der Waals surface area contributed by atoms with E-state index in [4.69, 9.17) is 17.0 Å². The molecule has 0 atom stereocenters. The number of nitrogens with one attached hydrogen (secondary N) is 2. The Morgan fingerprint density at radius 1 is 1.45 bits per heavy atom. The Hall–Kier alpha value is -1.82. The zero-order valence-electron chi connectivity index (χ0n) is 12.2. The molecule has 0 aliphatic carbocycles. The number of aryl methyl sites for hydroxylation is 1. The number of thiocarbonyl (C=S) groups is 1. The summed E-state index contributed by atoms with van der Waals surface area (Å²) in [5, 5.41) is 12.2. The molecule has 0 fully saturated rings. The van der Waals surface area contributed by atoms with Gasteiger partial charge in [0.1, 0.15) is 0 Å². The van der Waals surface area contributed by atoms with Gasteiger partial charge in [-0.3, -0.25) is 4.68 Å². The van der Waals surface area contributed by atoms with Gasteiger partial charge in [0.2, 0.25) is 5.88 Å². The second kappa shape index (κ2) is 6.09. The first-order chi connectivity index (χ1) is 9.51. The van der Waals surface area contributed by atoms with Crippen LogP contribution in [0.5, 0.6) is 5.88 Å². The van der Waals surface area contributed by atoms with Crippen molar-refractivity contribution in [2.75, 3.05) is 11.9 Å². The molecular formula is C14H20N4OS. The average Bonchev–Trinajstić information content (AvgIpc) is 2.65. The van der Waals surface area contributed by atoms with Crippen LogP contribution < -0.4 is 15.4 Å². The maximum absolute atomic E-state index is 5.75.